The Hall–Kier alpha value is -0.770. The van der Waals surface area contributed by atoms with Crippen molar-refractivity contribution in [3.8, 4) is 5.75 Å². The van der Waals surface area contributed by atoms with Gasteiger partial charge in [0, 0.05) is 23.6 Å². The Labute approximate surface area is 120 Å². The third kappa shape index (κ3) is 4.10. The molecule has 2 rings (SSSR count). The van der Waals surface area contributed by atoms with Crippen LogP contribution >= 0.6 is 11.6 Å². The van der Waals surface area contributed by atoms with Crippen molar-refractivity contribution in [2.45, 2.75) is 31.9 Å². The molecule has 3 atom stereocenters. The zero-order valence-electron chi connectivity index (χ0n) is 11.6. The average molecular weight is 284 g/mol. The molecule has 4 heteroatoms. The van der Waals surface area contributed by atoms with Crippen LogP contribution in [0.5, 0.6) is 5.75 Å². The fourth-order valence-electron chi connectivity index (χ4n) is 2.73. The van der Waals surface area contributed by atoms with E-state index in [4.69, 9.17) is 21.1 Å². The van der Waals surface area contributed by atoms with Crippen LogP contribution in [0.15, 0.2) is 24.3 Å². The van der Waals surface area contributed by atoms with Crippen molar-refractivity contribution in [3.05, 3.63) is 29.3 Å². The average Bonchev–Trinajstić information content (AvgIpc) is 2.41. The van der Waals surface area contributed by atoms with Gasteiger partial charge in [-0.05, 0) is 45.0 Å². The summed E-state index contributed by atoms with van der Waals surface area (Å²) in [5.41, 5.74) is 0. The first-order valence-corrected chi connectivity index (χ1v) is 7.25. The van der Waals surface area contributed by atoms with Crippen LogP contribution in [0, 0.1) is 5.92 Å². The largest absolute Gasteiger partial charge is 0.489 e. The zero-order chi connectivity index (χ0) is 13.7. The second-order valence-electron chi connectivity index (χ2n) is 5.07. The molecule has 1 aromatic carbocycles. The Bertz CT molecular complexity index is 393. The lowest BCUT2D eigenvalue weighted by molar-refractivity contribution is 0.0177. The first kappa shape index (κ1) is 14.6. The maximum atomic E-state index is 6.00. The zero-order valence-corrected chi connectivity index (χ0v) is 12.3. The fraction of sp³-hybridized carbons (Fsp3) is 0.600. The summed E-state index contributed by atoms with van der Waals surface area (Å²) in [6.45, 7) is 3.79. The molecule has 3 nitrogen and oxygen atoms in total. The molecular weight excluding hydrogens is 262 g/mol. The van der Waals surface area contributed by atoms with Crippen LogP contribution in [0.3, 0.4) is 0 Å². The Morgan fingerprint density at radius 3 is 2.95 bits per heavy atom. The topological polar surface area (TPSA) is 30.5 Å². The smallest absolute Gasteiger partial charge is 0.121 e. The van der Waals surface area contributed by atoms with E-state index < -0.39 is 0 Å². The molecule has 0 bridgehead atoms. The summed E-state index contributed by atoms with van der Waals surface area (Å²) < 4.78 is 11.6. The molecule has 0 aliphatic carbocycles. The molecule has 1 fully saturated rings. The summed E-state index contributed by atoms with van der Waals surface area (Å²) in [4.78, 5) is 0. The second-order valence-corrected chi connectivity index (χ2v) is 5.51. The van der Waals surface area contributed by atoms with Crippen LogP contribution in [0.2, 0.25) is 5.02 Å². The van der Waals surface area contributed by atoms with Gasteiger partial charge in [0.05, 0.1) is 6.61 Å². The van der Waals surface area contributed by atoms with Crippen molar-refractivity contribution >= 4 is 11.6 Å². The highest BCUT2D eigenvalue weighted by Crippen LogP contribution is 2.24. The van der Waals surface area contributed by atoms with Gasteiger partial charge < -0.3 is 14.8 Å². The minimum atomic E-state index is 0.0789. The van der Waals surface area contributed by atoms with Crippen LogP contribution in [0.4, 0.5) is 0 Å². The van der Waals surface area contributed by atoms with E-state index in [2.05, 4.69) is 12.2 Å². The van der Waals surface area contributed by atoms with Crippen LogP contribution in [-0.4, -0.2) is 32.4 Å². The summed E-state index contributed by atoms with van der Waals surface area (Å²) in [5.74, 6) is 1.32. The molecule has 1 heterocycles. The van der Waals surface area contributed by atoms with E-state index in [0.29, 0.717) is 17.0 Å². The third-order valence-electron chi connectivity index (χ3n) is 3.66. The maximum absolute atomic E-state index is 6.00. The van der Waals surface area contributed by atoms with Crippen LogP contribution in [0.25, 0.3) is 0 Å². The van der Waals surface area contributed by atoms with Crippen LogP contribution in [-0.2, 0) is 4.74 Å². The SMILES string of the molecule is CNC(C1CCCOC1)C(C)Oc1cccc(Cl)c1. The summed E-state index contributed by atoms with van der Waals surface area (Å²) in [6.07, 6.45) is 2.40. The van der Waals surface area contributed by atoms with E-state index in [-0.39, 0.29) is 6.10 Å². The van der Waals surface area contributed by atoms with Gasteiger partial charge in [0.2, 0.25) is 0 Å². The van der Waals surface area contributed by atoms with Crippen LogP contribution in [0.1, 0.15) is 19.8 Å². The van der Waals surface area contributed by atoms with Gasteiger partial charge in [-0.1, -0.05) is 17.7 Å². The summed E-state index contributed by atoms with van der Waals surface area (Å²) >= 11 is 5.97. The number of nitrogens with one attached hydrogen (secondary N) is 1. The number of halogens is 1. The van der Waals surface area contributed by atoms with E-state index >= 15 is 0 Å². The summed E-state index contributed by atoms with van der Waals surface area (Å²) in [5, 5.41) is 4.07. The molecule has 1 aliphatic heterocycles. The lowest BCUT2D eigenvalue weighted by atomic mass is 9.90. The molecular formula is C15H22ClNO2. The Morgan fingerprint density at radius 1 is 1.47 bits per heavy atom. The molecule has 1 N–H and O–H groups in total. The Morgan fingerprint density at radius 2 is 2.32 bits per heavy atom. The monoisotopic (exact) mass is 283 g/mol. The lowest BCUT2D eigenvalue weighted by Gasteiger charge is -2.34. The predicted molar refractivity (Wildman–Crippen MR) is 77.9 cm³/mol. The van der Waals surface area contributed by atoms with Crippen molar-refractivity contribution in [2.24, 2.45) is 5.92 Å². The molecule has 1 aromatic rings. The van der Waals surface area contributed by atoms with Gasteiger partial charge in [-0.15, -0.1) is 0 Å². The molecule has 3 unspecified atom stereocenters. The molecule has 1 saturated heterocycles. The first-order valence-electron chi connectivity index (χ1n) is 6.88. The highest BCUT2D eigenvalue weighted by atomic mass is 35.5. The Kier molecular flexibility index (Phi) is 5.49. The number of hydrogen-bond acceptors (Lipinski definition) is 3. The molecule has 0 amide bonds. The number of likely N-dealkylation sites (N-methyl/N-ethyl adjacent to an activating group) is 1. The van der Waals surface area contributed by atoms with Crippen LogP contribution < -0.4 is 10.1 Å². The van der Waals surface area contributed by atoms with E-state index in [9.17, 15) is 0 Å². The normalized spacial score (nSPS) is 22.8. The van der Waals surface area contributed by atoms with Gasteiger partial charge in [0.15, 0.2) is 0 Å². The minimum Gasteiger partial charge on any atom is -0.489 e. The van der Waals surface area contributed by atoms with Gasteiger partial charge >= 0.3 is 0 Å². The van der Waals surface area contributed by atoms with Crippen molar-refractivity contribution in [1.29, 1.82) is 0 Å². The molecule has 0 saturated carbocycles. The van der Waals surface area contributed by atoms with Gasteiger partial charge in [-0.3, -0.25) is 0 Å². The molecule has 0 spiro atoms. The molecule has 0 radical (unpaired) electrons. The fourth-order valence-corrected chi connectivity index (χ4v) is 2.91. The van der Waals surface area contributed by atoms with Crippen molar-refractivity contribution < 1.29 is 9.47 Å². The summed E-state index contributed by atoms with van der Waals surface area (Å²) in [7, 11) is 1.98. The van der Waals surface area contributed by atoms with Gasteiger partial charge in [0.25, 0.3) is 0 Å². The maximum Gasteiger partial charge on any atom is 0.121 e. The number of rotatable bonds is 5. The molecule has 106 valence electrons. The van der Waals surface area contributed by atoms with Gasteiger partial charge in [-0.2, -0.15) is 0 Å². The second kappa shape index (κ2) is 7.13. The molecule has 19 heavy (non-hydrogen) atoms. The third-order valence-corrected chi connectivity index (χ3v) is 3.90. The van der Waals surface area contributed by atoms with E-state index in [0.717, 1.165) is 25.4 Å². The highest BCUT2D eigenvalue weighted by Gasteiger charge is 2.28. The van der Waals surface area contributed by atoms with Gasteiger partial charge in [0.1, 0.15) is 11.9 Å². The lowest BCUT2D eigenvalue weighted by Crippen LogP contribution is -2.47. The molecule has 0 aromatic heterocycles. The number of benzene rings is 1. The quantitative estimate of drug-likeness (QED) is 0.901. The highest BCUT2D eigenvalue weighted by molar-refractivity contribution is 6.30. The number of hydrogen-bond donors (Lipinski definition) is 1. The van der Waals surface area contributed by atoms with Crippen molar-refractivity contribution in [3.63, 3.8) is 0 Å². The molecule has 1 aliphatic rings. The standard InChI is InChI=1S/C15H22ClNO2/c1-11(19-14-7-3-6-13(16)9-14)15(17-2)12-5-4-8-18-10-12/h3,6-7,9,11-12,15,17H,4-5,8,10H2,1-2H3. The van der Waals surface area contributed by atoms with E-state index in [1.807, 2.05) is 31.3 Å². The summed E-state index contributed by atoms with van der Waals surface area (Å²) in [6, 6.07) is 7.83. The minimum absolute atomic E-state index is 0.0789. The number of ether oxygens (including phenoxy) is 2. The van der Waals surface area contributed by atoms with Crippen molar-refractivity contribution in [1.82, 2.24) is 5.32 Å². The van der Waals surface area contributed by atoms with E-state index in [1.54, 1.807) is 0 Å². The van der Waals surface area contributed by atoms with E-state index in [1.165, 1.54) is 6.42 Å². The Balaban J connectivity index is 1.97. The first-order chi connectivity index (χ1) is 9.20. The van der Waals surface area contributed by atoms with Gasteiger partial charge in [-0.25, -0.2) is 0 Å². The van der Waals surface area contributed by atoms with Crippen molar-refractivity contribution in [2.75, 3.05) is 20.3 Å². The predicted octanol–water partition coefficient (Wildman–Crippen LogP) is 3.12.